The predicted molar refractivity (Wildman–Crippen MR) is 66.6 cm³/mol. The van der Waals surface area contributed by atoms with Gasteiger partial charge in [-0.1, -0.05) is 39.0 Å². The van der Waals surface area contributed by atoms with E-state index in [9.17, 15) is 5.11 Å². The lowest BCUT2D eigenvalue weighted by Gasteiger charge is -2.25. The van der Waals surface area contributed by atoms with E-state index in [1.54, 1.807) is 0 Å². The van der Waals surface area contributed by atoms with Crippen molar-refractivity contribution in [1.29, 1.82) is 0 Å². The molecule has 0 radical (unpaired) electrons. The lowest BCUT2D eigenvalue weighted by atomic mass is 9.87. The average molecular weight is 222 g/mol. The molecule has 0 spiro atoms. The van der Waals surface area contributed by atoms with Gasteiger partial charge in [-0.05, 0) is 30.4 Å². The van der Waals surface area contributed by atoms with Gasteiger partial charge in [0.1, 0.15) is 5.75 Å². The van der Waals surface area contributed by atoms with Gasteiger partial charge in [0, 0.05) is 0 Å². The minimum atomic E-state index is -0.258. The largest absolute Gasteiger partial charge is 0.494 e. The van der Waals surface area contributed by atoms with E-state index < -0.39 is 0 Å². The molecule has 0 fully saturated rings. The summed E-state index contributed by atoms with van der Waals surface area (Å²) in [5.41, 5.74) is -0.0350. The molecule has 2 nitrogen and oxygen atoms in total. The molecular formula is C14H22O2. The van der Waals surface area contributed by atoms with Gasteiger partial charge in [0.05, 0.1) is 12.7 Å². The number of hydrogen-bond donors (Lipinski definition) is 1. The summed E-state index contributed by atoms with van der Waals surface area (Å²) in [5, 5.41) is 9.83. The summed E-state index contributed by atoms with van der Waals surface area (Å²) in [6, 6.07) is 9.77. The van der Waals surface area contributed by atoms with Gasteiger partial charge in [0.15, 0.2) is 0 Å². The Morgan fingerprint density at radius 3 is 2.38 bits per heavy atom. The third-order valence-corrected chi connectivity index (χ3v) is 2.63. The first-order valence-electron chi connectivity index (χ1n) is 5.86. The molecule has 1 aromatic rings. The fraction of sp³-hybridized carbons (Fsp3) is 0.571. The third-order valence-electron chi connectivity index (χ3n) is 2.63. The Labute approximate surface area is 98.3 Å². The molecule has 1 N–H and O–H groups in total. The third kappa shape index (κ3) is 4.67. The predicted octanol–water partition coefficient (Wildman–Crippen LogP) is 3.25. The van der Waals surface area contributed by atoms with Crippen LogP contribution in [0.1, 0.15) is 33.6 Å². The number of para-hydroxylation sites is 1. The van der Waals surface area contributed by atoms with Crippen LogP contribution in [-0.2, 0) is 0 Å². The maximum Gasteiger partial charge on any atom is 0.119 e. The van der Waals surface area contributed by atoms with Crippen LogP contribution in [0.2, 0.25) is 0 Å². The number of aliphatic hydroxyl groups is 1. The van der Waals surface area contributed by atoms with Crippen molar-refractivity contribution in [3.63, 3.8) is 0 Å². The van der Waals surface area contributed by atoms with Crippen LogP contribution in [-0.4, -0.2) is 17.8 Å². The molecule has 0 heterocycles. The van der Waals surface area contributed by atoms with Gasteiger partial charge in [0.25, 0.3) is 0 Å². The van der Waals surface area contributed by atoms with Crippen molar-refractivity contribution in [3.05, 3.63) is 30.3 Å². The molecule has 0 amide bonds. The SMILES string of the molecule is CC(C)(C)C(O)CCCOc1ccccc1. The zero-order chi connectivity index (χ0) is 12.0. The molecule has 0 aliphatic heterocycles. The molecule has 0 aliphatic rings. The van der Waals surface area contributed by atoms with Gasteiger partial charge in [-0.15, -0.1) is 0 Å². The first-order chi connectivity index (χ1) is 7.50. The van der Waals surface area contributed by atoms with Crippen molar-refractivity contribution in [2.75, 3.05) is 6.61 Å². The van der Waals surface area contributed by atoms with Crippen molar-refractivity contribution in [2.24, 2.45) is 5.41 Å². The number of aliphatic hydroxyl groups excluding tert-OH is 1. The molecule has 0 aromatic heterocycles. The van der Waals surface area contributed by atoms with Gasteiger partial charge in [0.2, 0.25) is 0 Å². The van der Waals surface area contributed by atoms with Crippen molar-refractivity contribution >= 4 is 0 Å². The van der Waals surface area contributed by atoms with E-state index in [1.165, 1.54) is 0 Å². The first kappa shape index (κ1) is 13.0. The number of benzene rings is 1. The monoisotopic (exact) mass is 222 g/mol. The molecule has 0 saturated heterocycles. The van der Waals surface area contributed by atoms with Crippen LogP contribution < -0.4 is 4.74 Å². The Morgan fingerprint density at radius 2 is 1.81 bits per heavy atom. The van der Waals surface area contributed by atoms with E-state index in [0.717, 1.165) is 18.6 Å². The smallest absolute Gasteiger partial charge is 0.119 e. The minimum Gasteiger partial charge on any atom is -0.494 e. The van der Waals surface area contributed by atoms with Crippen molar-refractivity contribution in [3.8, 4) is 5.75 Å². The van der Waals surface area contributed by atoms with Gasteiger partial charge in [-0.25, -0.2) is 0 Å². The maximum absolute atomic E-state index is 9.83. The van der Waals surface area contributed by atoms with Crippen LogP contribution in [0.15, 0.2) is 30.3 Å². The Hall–Kier alpha value is -1.02. The van der Waals surface area contributed by atoms with Crippen LogP contribution in [0, 0.1) is 5.41 Å². The lowest BCUT2D eigenvalue weighted by molar-refractivity contribution is 0.0505. The van der Waals surface area contributed by atoms with E-state index in [-0.39, 0.29) is 11.5 Å². The van der Waals surface area contributed by atoms with E-state index >= 15 is 0 Å². The Bertz CT molecular complexity index is 287. The molecule has 0 aliphatic carbocycles. The van der Waals surface area contributed by atoms with Crippen molar-refractivity contribution in [1.82, 2.24) is 0 Å². The van der Waals surface area contributed by atoms with Crippen LogP contribution in [0.5, 0.6) is 5.75 Å². The zero-order valence-electron chi connectivity index (χ0n) is 10.4. The van der Waals surface area contributed by atoms with Crippen molar-refractivity contribution in [2.45, 2.75) is 39.7 Å². The molecule has 90 valence electrons. The molecule has 0 saturated carbocycles. The summed E-state index contributed by atoms with van der Waals surface area (Å²) in [6.07, 6.45) is 1.41. The van der Waals surface area contributed by atoms with Gasteiger partial charge < -0.3 is 9.84 Å². The summed E-state index contributed by atoms with van der Waals surface area (Å²) in [5.74, 6) is 0.896. The van der Waals surface area contributed by atoms with Crippen LogP contribution in [0.3, 0.4) is 0 Å². The van der Waals surface area contributed by atoms with Gasteiger partial charge >= 0.3 is 0 Å². The topological polar surface area (TPSA) is 29.5 Å². The van der Waals surface area contributed by atoms with Crippen LogP contribution >= 0.6 is 0 Å². The molecule has 2 heteroatoms. The van der Waals surface area contributed by atoms with Crippen molar-refractivity contribution < 1.29 is 9.84 Å². The quantitative estimate of drug-likeness (QED) is 0.775. The number of hydrogen-bond acceptors (Lipinski definition) is 2. The molecule has 1 atom stereocenters. The molecule has 1 rings (SSSR count). The maximum atomic E-state index is 9.83. The Morgan fingerprint density at radius 1 is 1.19 bits per heavy atom. The van der Waals surface area contributed by atoms with Gasteiger partial charge in [-0.3, -0.25) is 0 Å². The molecule has 16 heavy (non-hydrogen) atoms. The minimum absolute atomic E-state index is 0.0350. The number of ether oxygens (including phenoxy) is 1. The highest BCUT2D eigenvalue weighted by atomic mass is 16.5. The fourth-order valence-electron chi connectivity index (χ4n) is 1.42. The first-order valence-corrected chi connectivity index (χ1v) is 5.86. The Balaban J connectivity index is 2.18. The van der Waals surface area contributed by atoms with E-state index in [4.69, 9.17) is 4.74 Å². The average Bonchev–Trinajstić information content (AvgIpc) is 2.24. The van der Waals surface area contributed by atoms with Crippen LogP contribution in [0.4, 0.5) is 0 Å². The summed E-state index contributed by atoms with van der Waals surface area (Å²) >= 11 is 0. The summed E-state index contributed by atoms with van der Waals surface area (Å²) < 4.78 is 5.56. The highest BCUT2D eigenvalue weighted by Crippen LogP contribution is 2.22. The standard InChI is InChI=1S/C14H22O2/c1-14(2,3)13(15)10-7-11-16-12-8-5-4-6-9-12/h4-6,8-9,13,15H,7,10-11H2,1-3H3. The van der Waals surface area contributed by atoms with E-state index in [1.807, 2.05) is 30.3 Å². The Kier molecular flexibility index (Phi) is 4.81. The second-order valence-corrected chi connectivity index (χ2v) is 5.19. The summed E-state index contributed by atoms with van der Waals surface area (Å²) in [7, 11) is 0. The lowest BCUT2D eigenvalue weighted by Crippen LogP contribution is -2.26. The molecule has 0 bridgehead atoms. The van der Waals surface area contributed by atoms with E-state index in [0.29, 0.717) is 6.61 Å². The zero-order valence-corrected chi connectivity index (χ0v) is 10.4. The van der Waals surface area contributed by atoms with Crippen LogP contribution in [0.25, 0.3) is 0 Å². The highest BCUT2D eigenvalue weighted by molar-refractivity contribution is 5.20. The summed E-state index contributed by atoms with van der Waals surface area (Å²) in [6.45, 7) is 6.82. The summed E-state index contributed by atoms with van der Waals surface area (Å²) in [4.78, 5) is 0. The second kappa shape index (κ2) is 5.90. The normalized spacial score (nSPS) is 13.5. The second-order valence-electron chi connectivity index (χ2n) is 5.19. The van der Waals surface area contributed by atoms with E-state index in [2.05, 4.69) is 20.8 Å². The van der Waals surface area contributed by atoms with Gasteiger partial charge in [-0.2, -0.15) is 0 Å². The molecular weight excluding hydrogens is 200 g/mol. The molecule has 1 unspecified atom stereocenters. The molecule has 1 aromatic carbocycles. The fourth-order valence-corrected chi connectivity index (χ4v) is 1.42. The highest BCUT2D eigenvalue weighted by Gasteiger charge is 2.21. The number of rotatable bonds is 5.